The van der Waals surface area contributed by atoms with Crippen LogP contribution >= 0.6 is 7.82 Å². The SMILES string of the molecule is CCCCCCCCCCCCCCCC(=O)OCCC(COP(=O)(O)OCC[N+](C)(C)C)OC(=O)CCCCCC=O. The van der Waals surface area contributed by atoms with Gasteiger partial charge in [-0.1, -0.05) is 90.4 Å². The monoisotopic (exact) mass is 636 g/mol. The summed E-state index contributed by atoms with van der Waals surface area (Å²) in [6, 6.07) is 0. The number of carbonyl (C=O) groups excluding carboxylic acids is 3. The first-order chi connectivity index (χ1) is 20.5. The predicted molar refractivity (Wildman–Crippen MR) is 170 cm³/mol. The molecule has 0 aromatic rings. The Labute approximate surface area is 261 Å². The van der Waals surface area contributed by atoms with Crippen LogP contribution < -0.4 is 0 Å². The number of quaternary nitrogens is 1. The van der Waals surface area contributed by atoms with E-state index in [1.54, 1.807) is 0 Å². The molecule has 0 aliphatic rings. The Morgan fingerprint density at radius 3 is 1.79 bits per heavy atom. The van der Waals surface area contributed by atoms with Gasteiger partial charge in [0, 0.05) is 25.7 Å². The summed E-state index contributed by atoms with van der Waals surface area (Å²) in [5.41, 5.74) is 0. The molecular weight excluding hydrogens is 573 g/mol. The molecule has 254 valence electrons. The highest BCUT2D eigenvalue weighted by atomic mass is 31.2. The van der Waals surface area contributed by atoms with Gasteiger partial charge in [-0.05, 0) is 19.3 Å². The number of aldehydes is 1. The topological polar surface area (TPSA) is 125 Å². The maximum Gasteiger partial charge on any atom is 0.472 e. The second-order valence-electron chi connectivity index (χ2n) is 12.5. The van der Waals surface area contributed by atoms with Gasteiger partial charge in [0.15, 0.2) is 0 Å². The number of ether oxygens (including phenoxy) is 2. The van der Waals surface area contributed by atoms with Gasteiger partial charge in [-0.15, -0.1) is 0 Å². The molecule has 0 radical (unpaired) electrons. The van der Waals surface area contributed by atoms with E-state index in [1.165, 1.54) is 64.2 Å². The van der Waals surface area contributed by atoms with Crippen molar-refractivity contribution >= 4 is 26.0 Å². The minimum atomic E-state index is -4.34. The maximum absolute atomic E-state index is 12.3. The van der Waals surface area contributed by atoms with Crippen LogP contribution in [0.4, 0.5) is 0 Å². The summed E-state index contributed by atoms with van der Waals surface area (Å²) in [5.74, 6) is -0.780. The fourth-order valence-electron chi connectivity index (χ4n) is 4.40. The van der Waals surface area contributed by atoms with Gasteiger partial charge < -0.3 is 23.6 Å². The van der Waals surface area contributed by atoms with Crippen LogP contribution in [0.5, 0.6) is 0 Å². The first kappa shape index (κ1) is 41.7. The third-order valence-electron chi connectivity index (χ3n) is 7.13. The van der Waals surface area contributed by atoms with Crippen LogP contribution in [0.15, 0.2) is 0 Å². The lowest BCUT2D eigenvalue weighted by atomic mass is 10.0. The molecule has 0 aliphatic heterocycles. The molecule has 2 unspecified atom stereocenters. The minimum absolute atomic E-state index is 0.00993. The number of unbranched alkanes of at least 4 members (excludes halogenated alkanes) is 15. The Morgan fingerprint density at radius 2 is 1.26 bits per heavy atom. The van der Waals surface area contributed by atoms with E-state index < -0.39 is 19.9 Å². The average molecular weight is 637 g/mol. The number of rotatable bonds is 31. The highest BCUT2D eigenvalue weighted by Crippen LogP contribution is 2.43. The molecule has 11 heteroatoms. The van der Waals surface area contributed by atoms with Crippen LogP contribution in [0.25, 0.3) is 0 Å². The summed E-state index contributed by atoms with van der Waals surface area (Å²) in [5, 5.41) is 0. The highest BCUT2D eigenvalue weighted by Gasteiger charge is 2.26. The Bertz CT molecular complexity index is 758. The van der Waals surface area contributed by atoms with Crippen LogP contribution in [-0.4, -0.2) is 81.2 Å². The third kappa shape index (κ3) is 30.5. The van der Waals surface area contributed by atoms with E-state index in [-0.39, 0.29) is 38.6 Å². The molecule has 0 heterocycles. The Kier molecular flexibility index (Phi) is 26.2. The zero-order chi connectivity index (χ0) is 32.2. The molecule has 10 nitrogen and oxygen atoms in total. The van der Waals surface area contributed by atoms with E-state index in [0.29, 0.717) is 36.7 Å². The second kappa shape index (κ2) is 27.0. The molecule has 0 fully saturated rings. The molecule has 0 saturated heterocycles. The van der Waals surface area contributed by atoms with Crippen LogP contribution in [0.3, 0.4) is 0 Å². The number of phosphoric ester groups is 1. The van der Waals surface area contributed by atoms with Crippen molar-refractivity contribution in [3.05, 3.63) is 0 Å². The smallest absolute Gasteiger partial charge is 0.466 e. The van der Waals surface area contributed by atoms with Crippen LogP contribution in [0.1, 0.15) is 135 Å². The highest BCUT2D eigenvalue weighted by molar-refractivity contribution is 7.47. The van der Waals surface area contributed by atoms with Gasteiger partial charge in [-0.2, -0.15) is 0 Å². The van der Waals surface area contributed by atoms with Crippen molar-refractivity contribution in [1.82, 2.24) is 0 Å². The predicted octanol–water partition coefficient (Wildman–Crippen LogP) is 7.30. The zero-order valence-corrected chi connectivity index (χ0v) is 28.6. The van der Waals surface area contributed by atoms with Crippen LogP contribution in [-0.2, 0) is 37.5 Å². The Balaban J connectivity index is 4.30. The molecule has 43 heavy (non-hydrogen) atoms. The summed E-state index contributed by atoms with van der Waals surface area (Å²) in [7, 11) is 1.45. The van der Waals surface area contributed by atoms with Crippen molar-refractivity contribution in [2.45, 2.75) is 141 Å². The number of carbonyl (C=O) groups is 3. The summed E-state index contributed by atoms with van der Waals surface area (Å²) in [4.78, 5) is 45.0. The number of esters is 2. The lowest BCUT2D eigenvalue weighted by molar-refractivity contribution is -0.870. The molecule has 2 atom stereocenters. The van der Waals surface area contributed by atoms with Crippen molar-refractivity contribution < 1.29 is 46.8 Å². The summed E-state index contributed by atoms with van der Waals surface area (Å²) in [6.07, 6.45) is 19.1. The number of hydrogen-bond acceptors (Lipinski definition) is 8. The van der Waals surface area contributed by atoms with E-state index >= 15 is 0 Å². The van der Waals surface area contributed by atoms with Gasteiger partial charge in [-0.3, -0.25) is 18.6 Å². The first-order valence-corrected chi connectivity index (χ1v) is 18.2. The second-order valence-corrected chi connectivity index (χ2v) is 13.9. The molecule has 0 spiro atoms. The number of likely N-dealkylation sites (N-methyl/N-ethyl adjacent to an activating group) is 1. The van der Waals surface area contributed by atoms with Gasteiger partial charge in [0.1, 0.15) is 25.5 Å². The standard InChI is InChI=1S/C32H62NO9P/c1-5-6-7-8-9-10-11-12-13-14-15-16-19-22-31(35)39-27-24-30(42-32(36)23-20-17-18-21-26-34)29-41-43(37,38)40-28-25-33(2,3)4/h26,30H,5-25,27-29H2,1-4H3/p+1. The Morgan fingerprint density at radius 1 is 0.744 bits per heavy atom. The first-order valence-electron chi connectivity index (χ1n) is 16.7. The van der Waals surface area contributed by atoms with E-state index in [0.717, 1.165) is 32.0 Å². The average Bonchev–Trinajstić information content (AvgIpc) is 2.93. The fraction of sp³-hybridized carbons (Fsp3) is 0.906. The normalized spacial score (nSPS) is 13.8. The lowest BCUT2D eigenvalue weighted by Gasteiger charge is -2.24. The lowest BCUT2D eigenvalue weighted by Crippen LogP contribution is -2.37. The molecule has 0 aliphatic carbocycles. The van der Waals surface area contributed by atoms with E-state index in [1.807, 2.05) is 21.1 Å². The van der Waals surface area contributed by atoms with E-state index in [2.05, 4.69) is 6.92 Å². The zero-order valence-electron chi connectivity index (χ0n) is 27.7. The molecule has 0 aromatic carbocycles. The number of phosphoric acid groups is 1. The van der Waals surface area contributed by atoms with Gasteiger partial charge in [-0.25, -0.2) is 4.57 Å². The summed E-state index contributed by atoms with van der Waals surface area (Å²) in [6.45, 7) is 2.43. The van der Waals surface area contributed by atoms with Gasteiger partial charge in [0.25, 0.3) is 0 Å². The summed E-state index contributed by atoms with van der Waals surface area (Å²) < 4.78 is 33.8. The molecule has 0 saturated carbocycles. The molecule has 0 aromatic heterocycles. The van der Waals surface area contributed by atoms with Crippen molar-refractivity contribution in [2.75, 3.05) is 47.5 Å². The minimum Gasteiger partial charge on any atom is -0.466 e. The molecule has 0 amide bonds. The Hall–Kier alpha value is -1.32. The summed E-state index contributed by atoms with van der Waals surface area (Å²) >= 11 is 0. The fourth-order valence-corrected chi connectivity index (χ4v) is 5.14. The van der Waals surface area contributed by atoms with Crippen LogP contribution in [0.2, 0.25) is 0 Å². The quantitative estimate of drug-likeness (QED) is 0.0274. The third-order valence-corrected chi connectivity index (χ3v) is 8.11. The molecule has 0 bridgehead atoms. The van der Waals surface area contributed by atoms with Gasteiger partial charge >= 0.3 is 19.8 Å². The largest absolute Gasteiger partial charge is 0.472 e. The van der Waals surface area contributed by atoms with E-state index in [4.69, 9.17) is 18.5 Å². The van der Waals surface area contributed by atoms with Gasteiger partial charge in [0.05, 0.1) is 34.4 Å². The maximum atomic E-state index is 12.3. The molecule has 0 rings (SSSR count). The van der Waals surface area contributed by atoms with E-state index in [9.17, 15) is 23.8 Å². The molecule has 1 N–H and O–H groups in total. The van der Waals surface area contributed by atoms with Crippen molar-refractivity contribution in [3.63, 3.8) is 0 Å². The number of hydrogen-bond donors (Lipinski definition) is 1. The number of nitrogens with zero attached hydrogens (tertiary/aromatic N) is 1. The van der Waals surface area contributed by atoms with Crippen molar-refractivity contribution in [1.29, 1.82) is 0 Å². The van der Waals surface area contributed by atoms with Crippen molar-refractivity contribution in [2.24, 2.45) is 0 Å². The van der Waals surface area contributed by atoms with Gasteiger partial charge in [0.2, 0.25) is 0 Å². The van der Waals surface area contributed by atoms with Crippen LogP contribution in [0, 0.1) is 0 Å². The van der Waals surface area contributed by atoms with Crippen molar-refractivity contribution in [3.8, 4) is 0 Å². The molecular formula is C32H63NO9P+.